The third-order valence-electron chi connectivity index (χ3n) is 1.80. The first kappa shape index (κ1) is 8.90. The van der Waals surface area contributed by atoms with Gasteiger partial charge in [-0.15, -0.1) is 0 Å². The topological polar surface area (TPSA) is 49.5 Å². The van der Waals surface area contributed by atoms with Crippen LogP contribution < -0.4 is 5.73 Å². The van der Waals surface area contributed by atoms with Gasteiger partial charge in [-0.1, -0.05) is 12.2 Å². The second-order valence-electron chi connectivity index (χ2n) is 3.42. The molecular weight excluding hydrogens is 160 g/mol. The van der Waals surface area contributed by atoms with Gasteiger partial charge < -0.3 is 10.8 Å². The van der Waals surface area contributed by atoms with Crippen molar-refractivity contribution >= 4 is 17.2 Å². The smallest absolute Gasteiger partial charge is 0.0872 e. The summed E-state index contributed by atoms with van der Waals surface area (Å²) in [6, 6.07) is 0. The molecule has 3 N–H and O–H groups in total. The largest absolute Gasteiger partial charge is 0.393 e. The molecule has 1 aliphatic rings. The van der Waals surface area contributed by atoms with Crippen molar-refractivity contribution in [2.24, 2.45) is 5.73 Å². The summed E-state index contributed by atoms with van der Waals surface area (Å²) in [6.45, 7) is 4.21. The zero-order valence-corrected chi connectivity index (χ0v) is 7.52. The molecular formula is C7H14N2OS. The summed E-state index contributed by atoms with van der Waals surface area (Å²) in [5.41, 5.74) is 4.85. The summed E-state index contributed by atoms with van der Waals surface area (Å²) in [6.07, 6.45) is 0.755. The van der Waals surface area contributed by atoms with E-state index in [0.29, 0.717) is 4.99 Å². The van der Waals surface area contributed by atoms with Gasteiger partial charge in [-0.3, -0.25) is 4.90 Å². The van der Waals surface area contributed by atoms with E-state index in [1.165, 1.54) is 0 Å². The number of β-amino-alcohol motifs (C(OH)–C–C–N with tert-alkyl or cyclic N) is 1. The molecule has 1 saturated heterocycles. The molecule has 1 aliphatic heterocycles. The highest BCUT2D eigenvalue weighted by molar-refractivity contribution is 7.80. The Morgan fingerprint density at radius 2 is 2.27 bits per heavy atom. The zero-order valence-electron chi connectivity index (χ0n) is 6.71. The first-order chi connectivity index (χ1) is 4.99. The lowest BCUT2D eigenvalue weighted by Gasteiger charge is -2.44. The van der Waals surface area contributed by atoms with Crippen molar-refractivity contribution in [3.05, 3.63) is 0 Å². The Bertz CT molecular complexity index is 162. The van der Waals surface area contributed by atoms with Gasteiger partial charge in [0.05, 0.1) is 10.6 Å². The molecule has 0 saturated carbocycles. The maximum absolute atomic E-state index is 9.34. The summed E-state index contributed by atoms with van der Waals surface area (Å²) in [5.74, 6) is 0. The van der Waals surface area contributed by atoms with Crippen LogP contribution in [0.1, 0.15) is 13.3 Å². The van der Waals surface area contributed by atoms with Crippen molar-refractivity contribution in [2.75, 3.05) is 19.6 Å². The van der Waals surface area contributed by atoms with E-state index in [9.17, 15) is 5.11 Å². The van der Waals surface area contributed by atoms with Gasteiger partial charge in [-0.25, -0.2) is 0 Å². The summed E-state index contributed by atoms with van der Waals surface area (Å²) in [4.78, 5) is 2.69. The lowest BCUT2D eigenvalue weighted by molar-refractivity contribution is -0.0817. The number of nitrogens with zero attached hydrogens (tertiary/aromatic N) is 1. The minimum Gasteiger partial charge on any atom is -0.393 e. The molecule has 0 atom stereocenters. The van der Waals surface area contributed by atoms with E-state index in [0.717, 1.165) is 26.1 Å². The van der Waals surface area contributed by atoms with Crippen LogP contribution in [-0.4, -0.2) is 40.2 Å². The quantitative estimate of drug-likeness (QED) is 0.578. The van der Waals surface area contributed by atoms with Gasteiger partial charge in [0.1, 0.15) is 0 Å². The molecule has 0 unspecified atom stereocenters. The Morgan fingerprint density at radius 1 is 1.73 bits per heavy atom. The van der Waals surface area contributed by atoms with Gasteiger partial charge in [0.2, 0.25) is 0 Å². The molecule has 64 valence electrons. The minimum atomic E-state index is -0.476. The second kappa shape index (κ2) is 3.05. The van der Waals surface area contributed by atoms with Crippen LogP contribution in [-0.2, 0) is 0 Å². The van der Waals surface area contributed by atoms with Crippen LogP contribution in [0.2, 0.25) is 0 Å². The fraction of sp³-hybridized carbons (Fsp3) is 0.857. The fourth-order valence-electron chi connectivity index (χ4n) is 1.34. The SMILES string of the molecule is CC1(O)CN(CCC(N)=S)C1. The molecule has 0 aromatic rings. The molecule has 0 bridgehead atoms. The lowest BCUT2D eigenvalue weighted by atomic mass is 9.97. The molecule has 0 aromatic heterocycles. The summed E-state index contributed by atoms with van der Waals surface area (Å²) in [7, 11) is 0. The highest BCUT2D eigenvalue weighted by Crippen LogP contribution is 2.19. The number of thiocarbonyl (C=S) groups is 1. The summed E-state index contributed by atoms with van der Waals surface area (Å²) >= 11 is 4.73. The summed E-state index contributed by atoms with van der Waals surface area (Å²) in [5, 5.41) is 9.34. The highest BCUT2D eigenvalue weighted by atomic mass is 32.1. The van der Waals surface area contributed by atoms with Gasteiger partial charge in [-0.2, -0.15) is 0 Å². The number of aliphatic hydroxyl groups is 1. The standard InChI is InChI=1S/C7H14N2OS/c1-7(10)4-9(5-7)3-2-6(8)11/h10H,2-5H2,1H3,(H2,8,11). The zero-order chi connectivity index (χ0) is 8.48. The molecule has 0 radical (unpaired) electrons. The predicted octanol–water partition coefficient (Wildman–Crippen LogP) is -0.271. The third kappa shape index (κ3) is 2.73. The van der Waals surface area contributed by atoms with E-state index < -0.39 is 5.60 Å². The van der Waals surface area contributed by atoms with Crippen LogP contribution in [0.25, 0.3) is 0 Å². The molecule has 1 heterocycles. The Morgan fingerprint density at radius 3 is 2.64 bits per heavy atom. The van der Waals surface area contributed by atoms with Crippen molar-refractivity contribution in [1.82, 2.24) is 4.90 Å². The van der Waals surface area contributed by atoms with E-state index in [4.69, 9.17) is 18.0 Å². The molecule has 0 amide bonds. The molecule has 0 aliphatic carbocycles. The van der Waals surface area contributed by atoms with Crippen LogP contribution >= 0.6 is 12.2 Å². The Kier molecular flexibility index (Phi) is 2.47. The normalized spacial score (nSPS) is 22.7. The third-order valence-corrected chi connectivity index (χ3v) is 2.01. The minimum absolute atomic E-state index is 0.476. The maximum Gasteiger partial charge on any atom is 0.0872 e. The van der Waals surface area contributed by atoms with E-state index in [2.05, 4.69) is 4.90 Å². The van der Waals surface area contributed by atoms with Gasteiger partial charge in [0, 0.05) is 26.1 Å². The molecule has 0 spiro atoms. The summed E-state index contributed by atoms with van der Waals surface area (Å²) < 4.78 is 0. The predicted molar refractivity (Wildman–Crippen MR) is 48.5 cm³/mol. The first-order valence-electron chi connectivity index (χ1n) is 3.73. The average molecular weight is 174 g/mol. The monoisotopic (exact) mass is 174 g/mol. The van der Waals surface area contributed by atoms with Crippen molar-refractivity contribution in [2.45, 2.75) is 18.9 Å². The van der Waals surface area contributed by atoms with Crippen LogP contribution in [0.3, 0.4) is 0 Å². The Balaban J connectivity index is 2.09. The van der Waals surface area contributed by atoms with Crippen LogP contribution in [0, 0.1) is 0 Å². The van der Waals surface area contributed by atoms with E-state index in [1.54, 1.807) is 0 Å². The second-order valence-corrected chi connectivity index (χ2v) is 3.95. The lowest BCUT2D eigenvalue weighted by Crippen LogP contribution is -2.60. The Labute approximate surface area is 72.2 Å². The van der Waals surface area contributed by atoms with Crippen molar-refractivity contribution < 1.29 is 5.11 Å². The van der Waals surface area contributed by atoms with Crippen LogP contribution in [0.15, 0.2) is 0 Å². The number of likely N-dealkylation sites (tertiary alicyclic amines) is 1. The van der Waals surface area contributed by atoms with Crippen molar-refractivity contribution in [3.63, 3.8) is 0 Å². The van der Waals surface area contributed by atoms with Crippen molar-refractivity contribution in [3.8, 4) is 0 Å². The number of hydrogen-bond acceptors (Lipinski definition) is 3. The number of rotatable bonds is 3. The molecule has 0 aromatic carbocycles. The number of nitrogens with two attached hydrogens (primary N) is 1. The van der Waals surface area contributed by atoms with Gasteiger partial charge in [0.15, 0.2) is 0 Å². The van der Waals surface area contributed by atoms with E-state index in [1.807, 2.05) is 6.92 Å². The molecule has 11 heavy (non-hydrogen) atoms. The molecule has 1 rings (SSSR count). The van der Waals surface area contributed by atoms with Gasteiger partial charge >= 0.3 is 0 Å². The maximum atomic E-state index is 9.34. The van der Waals surface area contributed by atoms with Gasteiger partial charge in [0.25, 0.3) is 0 Å². The highest BCUT2D eigenvalue weighted by Gasteiger charge is 2.35. The van der Waals surface area contributed by atoms with Crippen LogP contribution in [0.5, 0.6) is 0 Å². The van der Waals surface area contributed by atoms with Gasteiger partial charge in [-0.05, 0) is 6.92 Å². The molecule has 1 fully saturated rings. The first-order valence-corrected chi connectivity index (χ1v) is 4.13. The van der Waals surface area contributed by atoms with Crippen molar-refractivity contribution in [1.29, 1.82) is 0 Å². The molecule has 4 heteroatoms. The van der Waals surface area contributed by atoms with Crippen LogP contribution in [0.4, 0.5) is 0 Å². The number of hydrogen-bond donors (Lipinski definition) is 2. The fourth-order valence-corrected chi connectivity index (χ4v) is 1.43. The van der Waals surface area contributed by atoms with E-state index in [-0.39, 0.29) is 0 Å². The average Bonchev–Trinajstić information content (AvgIpc) is 1.78. The Hall–Kier alpha value is -0.190. The molecule has 3 nitrogen and oxygen atoms in total. The van der Waals surface area contributed by atoms with E-state index >= 15 is 0 Å².